The van der Waals surface area contributed by atoms with Gasteiger partial charge in [-0.1, -0.05) is 45.4 Å². The van der Waals surface area contributed by atoms with Crippen LogP contribution in [0.4, 0.5) is 0 Å². The number of Topliss-reactive ketones (excluding diaryl/α,β-unsaturated/α-hetero) is 1. The summed E-state index contributed by atoms with van der Waals surface area (Å²) in [6, 6.07) is 0. The Kier molecular flexibility index (Phi) is 11.7. The molecule has 0 spiro atoms. The number of ether oxygens (including phenoxy) is 1. The standard InChI is InChI=1S/C19H37NO2/c1-3-18(21)12-10-8-6-4-5-7-9-11-15-20-16-13-19(22-2)14-17-20/h19H,3-17H2,1-2H3. The number of unbranched alkanes of at least 4 members (excludes halogenated alkanes) is 7. The largest absolute Gasteiger partial charge is 0.381 e. The zero-order valence-corrected chi connectivity index (χ0v) is 14.9. The lowest BCUT2D eigenvalue weighted by atomic mass is 10.0. The highest BCUT2D eigenvalue weighted by atomic mass is 16.5. The lowest BCUT2D eigenvalue weighted by Crippen LogP contribution is -2.37. The molecular weight excluding hydrogens is 274 g/mol. The Hall–Kier alpha value is -0.410. The first-order chi connectivity index (χ1) is 10.8. The monoisotopic (exact) mass is 311 g/mol. The summed E-state index contributed by atoms with van der Waals surface area (Å²) >= 11 is 0. The highest BCUT2D eigenvalue weighted by Gasteiger charge is 2.17. The van der Waals surface area contributed by atoms with Crippen molar-refractivity contribution in [3.05, 3.63) is 0 Å². The second-order valence-electron chi connectivity index (χ2n) is 6.75. The molecule has 0 atom stereocenters. The van der Waals surface area contributed by atoms with Crippen LogP contribution in [0.5, 0.6) is 0 Å². The molecule has 3 heteroatoms. The molecule has 1 heterocycles. The maximum Gasteiger partial charge on any atom is 0.132 e. The topological polar surface area (TPSA) is 29.5 Å². The molecule has 0 saturated carbocycles. The van der Waals surface area contributed by atoms with Crippen LogP contribution in [0.2, 0.25) is 0 Å². The quantitative estimate of drug-likeness (QED) is 0.466. The third kappa shape index (κ3) is 9.58. The maximum absolute atomic E-state index is 11.2. The third-order valence-corrected chi connectivity index (χ3v) is 4.94. The smallest absolute Gasteiger partial charge is 0.132 e. The summed E-state index contributed by atoms with van der Waals surface area (Å²) in [7, 11) is 1.84. The van der Waals surface area contributed by atoms with Crippen LogP contribution in [-0.4, -0.2) is 43.5 Å². The van der Waals surface area contributed by atoms with Crippen LogP contribution >= 0.6 is 0 Å². The van der Waals surface area contributed by atoms with Gasteiger partial charge in [0.05, 0.1) is 6.10 Å². The highest BCUT2D eigenvalue weighted by molar-refractivity contribution is 5.77. The number of rotatable bonds is 13. The normalized spacial score (nSPS) is 17.0. The Bertz CT molecular complexity index is 273. The number of nitrogens with zero attached hydrogens (tertiary/aromatic N) is 1. The van der Waals surface area contributed by atoms with Crippen LogP contribution in [0.25, 0.3) is 0 Å². The van der Waals surface area contributed by atoms with E-state index in [1.807, 2.05) is 14.0 Å². The molecule has 1 aliphatic heterocycles. The second-order valence-corrected chi connectivity index (χ2v) is 6.75. The average molecular weight is 312 g/mol. The van der Waals surface area contributed by atoms with Crippen LogP contribution in [0.15, 0.2) is 0 Å². The zero-order valence-electron chi connectivity index (χ0n) is 14.9. The van der Waals surface area contributed by atoms with Crippen molar-refractivity contribution in [1.82, 2.24) is 4.90 Å². The van der Waals surface area contributed by atoms with Gasteiger partial charge in [0.1, 0.15) is 5.78 Å². The van der Waals surface area contributed by atoms with Crippen molar-refractivity contribution >= 4 is 5.78 Å². The summed E-state index contributed by atoms with van der Waals surface area (Å²) in [5.41, 5.74) is 0. The average Bonchev–Trinajstić information content (AvgIpc) is 2.56. The predicted octanol–water partition coefficient (Wildman–Crippen LogP) is 4.59. The number of hydrogen-bond acceptors (Lipinski definition) is 3. The Balaban J connectivity index is 1.79. The molecule has 0 aromatic heterocycles. The van der Waals surface area contributed by atoms with Crippen molar-refractivity contribution < 1.29 is 9.53 Å². The van der Waals surface area contributed by atoms with E-state index < -0.39 is 0 Å². The van der Waals surface area contributed by atoms with Crippen molar-refractivity contribution in [3.8, 4) is 0 Å². The van der Waals surface area contributed by atoms with E-state index in [9.17, 15) is 4.79 Å². The summed E-state index contributed by atoms with van der Waals surface area (Å²) in [5.74, 6) is 0.425. The Morgan fingerprint density at radius 1 is 0.955 bits per heavy atom. The van der Waals surface area contributed by atoms with E-state index in [0.29, 0.717) is 18.3 Å². The van der Waals surface area contributed by atoms with Gasteiger partial charge in [-0.15, -0.1) is 0 Å². The SMILES string of the molecule is CCC(=O)CCCCCCCCCCN1CCC(OC)CC1. The lowest BCUT2D eigenvalue weighted by Gasteiger charge is -2.31. The van der Waals surface area contributed by atoms with E-state index in [4.69, 9.17) is 4.74 Å². The van der Waals surface area contributed by atoms with Crippen molar-refractivity contribution in [3.63, 3.8) is 0 Å². The van der Waals surface area contributed by atoms with Crippen molar-refractivity contribution in [2.24, 2.45) is 0 Å². The minimum absolute atomic E-state index is 0.425. The molecule has 0 aliphatic carbocycles. The minimum Gasteiger partial charge on any atom is -0.381 e. The van der Waals surface area contributed by atoms with Crippen LogP contribution < -0.4 is 0 Å². The first-order valence-electron chi connectivity index (χ1n) is 9.53. The molecule has 0 aromatic rings. The summed E-state index contributed by atoms with van der Waals surface area (Å²) in [5, 5.41) is 0. The van der Waals surface area contributed by atoms with E-state index >= 15 is 0 Å². The summed E-state index contributed by atoms with van der Waals surface area (Å²) in [6.45, 7) is 5.67. The molecule has 0 unspecified atom stereocenters. The maximum atomic E-state index is 11.2. The van der Waals surface area contributed by atoms with Gasteiger partial charge in [0, 0.05) is 33.0 Å². The molecule has 0 aromatic carbocycles. The zero-order chi connectivity index (χ0) is 16.0. The van der Waals surface area contributed by atoms with Crippen molar-refractivity contribution in [2.75, 3.05) is 26.7 Å². The first kappa shape index (κ1) is 19.6. The molecule has 130 valence electrons. The lowest BCUT2D eigenvalue weighted by molar-refractivity contribution is -0.118. The van der Waals surface area contributed by atoms with Gasteiger partial charge >= 0.3 is 0 Å². The highest BCUT2D eigenvalue weighted by Crippen LogP contribution is 2.14. The first-order valence-corrected chi connectivity index (χ1v) is 9.53. The van der Waals surface area contributed by atoms with Crippen LogP contribution in [0.1, 0.15) is 84.0 Å². The summed E-state index contributed by atoms with van der Waals surface area (Å²) < 4.78 is 5.41. The van der Waals surface area contributed by atoms with Gasteiger partial charge in [0.2, 0.25) is 0 Å². The van der Waals surface area contributed by atoms with Gasteiger partial charge in [-0.2, -0.15) is 0 Å². The van der Waals surface area contributed by atoms with E-state index in [1.165, 1.54) is 77.4 Å². The number of likely N-dealkylation sites (tertiary alicyclic amines) is 1. The van der Waals surface area contributed by atoms with E-state index in [1.54, 1.807) is 0 Å². The van der Waals surface area contributed by atoms with Gasteiger partial charge in [-0.3, -0.25) is 4.79 Å². The molecule has 0 amide bonds. The van der Waals surface area contributed by atoms with Crippen molar-refractivity contribution in [1.29, 1.82) is 0 Å². The van der Waals surface area contributed by atoms with Gasteiger partial charge in [-0.05, 0) is 32.2 Å². The molecule has 3 nitrogen and oxygen atoms in total. The fourth-order valence-corrected chi connectivity index (χ4v) is 3.26. The van der Waals surface area contributed by atoms with Crippen LogP contribution in [0, 0.1) is 0 Å². The third-order valence-electron chi connectivity index (χ3n) is 4.94. The fourth-order valence-electron chi connectivity index (χ4n) is 3.26. The number of piperidine rings is 1. The number of ketones is 1. The Labute approximate surface area is 137 Å². The number of carbonyl (C=O) groups excluding carboxylic acids is 1. The predicted molar refractivity (Wildman–Crippen MR) is 93.3 cm³/mol. The van der Waals surface area contributed by atoms with Crippen molar-refractivity contribution in [2.45, 2.75) is 90.1 Å². The van der Waals surface area contributed by atoms with Crippen LogP contribution in [0.3, 0.4) is 0 Å². The molecule has 1 saturated heterocycles. The number of methoxy groups -OCH3 is 1. The molecule has 22 heavy (non-hydrogen) atoms. The van der Waals surface area contributed by atoms with E-state index in [2.05, 4.69) is 4.90 Å². The molecule has 0 radical (unpaired) electrons. The minimum atomic E-state index is 0.425. The number of hydrogen-bond donors (Lipinski definition) is 0. The Morgan fingerprint density at radius 3 is 2.05 bits per heavy atom. The van der Waals surface area contributed by atoms with E-state index in [-0.39, 0.29) is 0 Å². The Morgan fingerprint density at radius 2 is 1.50 bits per heavy atom. The molecule has 1 aliphatic rings. The summed E-state index contributed by atoms with van der Waals surface area (Å²) in [4.78, 5) is 13.8. The summed E-state index contributed by atoms with van der Waals surface area (Å²) in [6.07, 6.45) is 14.9. The molecular formula is C19H37NO2. The molecule has 1 fully saturated rings. The van der Waals surface area contributed by atoms with Gasteiger partial charge in [-0.25, -0.2) is 0 Å². The molecule has 1 rings (SSSR count). The second kappa shape index (κ2) is 13.1. The van der Waals surface area contributed by atoms with Gasteiger partial charge in [0.15, 0.2) is 0 Å². The van der Waals surface area contributed by atoms with Gasteiger partial charge in [0.25, 0.3) is 0 Å². The van der Waals surface area contributed by atoms with E-state index in [0.717, 1.165) is 12.8 Å². The fraction of sp³-hybridized carbons (Fsp3) is 0.947. The number of carbonyl (C=O) groups is 1. The molecule has 0 bridgehead atoms. The van der Waals surface area contributed by atoms with Crippen LogP contribution in [-0.2, 0) is 9.53 Å². The molecule has 0 N–H and O–H groups in total. The van der Waals surface area contributed by atoms with Gasteiger partial charge < -0.3 is 9.64 Å².